The van der Waals surface area contributed by atoms with E-state index in [1.807, 2.05) is 0 Å². The van der Waals surface area contributed by atoms with Crippen LogP contribution in [0.25, 0.3) is 0 Å². The molecule has 0 fully saturated rings. The van der Waals surface area contributed by atoms with Crippen LogP contribution in [0.15, 0.2) is 12.1 Å². The van der Waals surface area contributed by atoms with Crippen molar-refractivity contribution in [3.63, 3.8) is 0 Å². The summed E-state index contributed by atoms with van der Waals surface area (Å²) in [5, 5.41) is 3.47. The summed E-state index contributed by atoms with van der Waals surface area (Å²) in [7, 11) is 1.75. The lowest BCUT2D eigenvalue weighted by atomic mass is 10.1. The first kappa shape index (κ1) is 17.9. The molecule has 0 amide bonds. The molecule has 0 bridgehead atoms. The van der Waals surface area contributed by atoms with Crippen LogP contribution in [0.5, 0.6) is 0 Å². The van der Waals surface area contributed by atoms with Crippen LogP contribution >= 0.6 is 0 Å². The smallest absolute Gasteiger partial charge is 0.129 e. The lowest BCUT2D eigenvalue weighted by Gasteiger charge is -2.29. The van der Waals surface area contributed by atoms with Crippen LogP contribution < -0.4 is 10.2 Å². The van der Waals surface area contributed by atoms with Gasteiger partial charge in [-0.2, -0.15) is 0 Å². The molecule has 0 aromatic carbocycles. The van der Waals surface area contributed by atoms with E-state index in [0.717, 1.165) is 50.6 Å². The number of ether oxygens (including phenoxy) is 1. The van der Waals surface area contributed by atoms with Gasteiger partial charge in [0.05, 0.1) is 12.6 Å². The van der Waals surface area contributed by atoms with E-state index in [-0.39, 0.29) is 0 Å². The van der Waals surface area contributed by atoms with Crippen LogP contribution in [0.4, 0.5) is 5.82 Å². The number of anilines is 1. The third-order valence-electron chi connectivity index (χ3n) is 3.62. The fourth-order valence-electron chi connectivity index (χ4n) is 2.50. The molecule has 1 rings (SSSR count). The van der Waals surface area contributed by atoms with Gasteiger partial charge in [0.2, 0.25) is 0 Å². The monoisotopic (exact) mass is 293 g/mol. The van der Waals surface area contributed by atoms with E-state index >= 15 is 0 Å². The summed E-state index contributed by atoms with van der Waals surface area (Å²) in [5.41, 5.74) is 2.47. The fourth-order valence-corrected chi connectivity index (χ4v) is 2.50. The van der Waals surface area contributed by atoms with Crippen LogP contribution in [-0.4, -0.2) is 37.8 Å². The Balaban J connectivity index is 2.94. The van der Waals surface area contributed by atoms with Crippen molar-refractivity contribution >= 4 is 5.82 Å². The van der Waals surface area contributed by atoms with E-state index in [1.165, 1.54) is 5.56 Å². The first-order valence-electron chi connectivity index (χ1n) is 8.12. The quantitative estimate of drug-likeness (QED) is 0.673. The summed E-state index contributed by atoms with van der Waals surface area (Å²) in [6.45, 7) is 12.3. The fraction of sp³-hybridized carbons (Fsp3) is 0.706. The third kappa shape index (κ3) is 5.64. The number of rotatable bonds is 10. The summed E-state index contributed by atoms with van der Waals surface area (Å²) >= 11 is 0. The number of hydrogen-bond donors (Lipinski definition) is 1. The average molecular weight is 293 g/mol. The first-order valence-corrected chi connectivity index (χ1v) is 8.12. The van der Waals surface area contributed by atoms with Crippen LogP contribution in [-0.2, 0) is 17.7 Å². The molecule has 21 heavy (non-hydrogen) atoms. The number of nitrogens with one attached hydrogen (secondary N) is 1. The van der Waals surface area contributed by atoms with E-state index in [4.69, 9.17) is 9.72 Å². The number of aromatic nitrogens is 1. The van der Waals surface area contributed by atoms with Crippen molar-refractivity contribution in [3.8, 4) is 0 Å². The molecule has 0 spiro atoms. The summed E-state index contributed by atoms with van der Waals surface area (Å²) in [6, 6.07) is 4.74. The molecule has 1 aromatic rings. The van der Waals surface area contributed by atoms with Crippen molar-refractivity contribution in [2.75, 3.05) is 31.7 Å². The molecule has 1 atom stereocenters. The van der Waals surface area contributed by atoms with E-state index in [1.54, 1.807) is 7.11 Å². The van der Waals surface area contributed by atoms with Crippen molar-refractivity contribution in [2.45, 2.75) is 53.1 Å². The second-order valence-electron chi connectivity index (χ2n) is 5.45. The molecular weight excluding hydrogens is 262 g/mol. The Bertz CT molecular complexity index is 409. The highest BCUT2D eigenvalue weighted by Gasteiger charge is 2.15. The van der Waals surface area contributed by atoms with E-state index < -0.39 is 0 Å². The SMILES string of the molecule is CCCNCc1cc(CC)nc(N(CC)C(C)COC)c1. The van der Waals surface area contributed by atoms with Gasteiger partial charge in [-0.3, -0.25) is 0 Å². The maximum absolute atomic E-state index is 5.29. The Labute approximate surface area is 129 Å². The van der Waals surface area contributed by atoms with Gasteiger partial charge in [0.15, 0.2) is 0 Å². The topological polar surface area (TPSA) is 37.4 Å². The molecule has 0 saturated carbocycles. The highest BCUT2D eigenvalue weighted by molar-refractivity contribution is 5.43. The van der Waals surface area contributed by atoms with Gasteiger partial charge in [-0.25, -0.2) is 4.98 Å². The normalized spacial score (nSPS) is 12.4. The molecule has 0 aliphatic carbocycles. The highest BCUT2D eigenvalue weighted by Crippen LogP contribution is 2.18. The minimum absolute atomic E-state index is 0.330. The average Bonchev–Trinajstić information content (AvgIpc) is 2.48. The maximum Gasteiger partial charge on any atom is 0.129 e. The Hall–Kier alpha value is -1.13. The van der Waals surface area contributed by atoms with Gasteiger partial charge in [0.1, 0.15) is 5.82 Å². The zero-order valence-electron chi connectivity index (χ0n) is 14.3. The van der Waals surface area contributed by atoms with Crippen molar-refractivity contribution < 1.29 is 4.74 Å². The number of hydrogen-bond acceptors (Lipinski definition) is 4. The number of aryl methyl sites for hydroxylation is 1. The number of methoxy groups -OCH3 is 1. The minimum Gasteiger partial charge on any atom is -0.383 e. The van der Waals surface area contributed by atoms with Gasteiger partial charge in [-0.05, 0) is 50.9 Å². The molecule has 0 aliphatic heterocycles. The van der Waals surface area contributed by atoms with Crippen molar-refractivity contribution in [1.82, 2.24) is 10.3 Å². The number of nitrogens with zero attached hydrogens (tertiary/aromatic N) is 2. The Morgan fingerprint density at radius 1 is 1.29 bits per heavy atom. The second-order valence-corrected chi connectivity index (χ2v) is 5.45. The second kappa shape index (κ2) is 9.74. The Kier molecular flexibility index (Phi) is 8.31. The van der Waals surface area contributed by atoms with Crippen LogP contribution in [0.1, 0.15) is 45.4 Å². The highest BCUT2D eigenvalue weighted by atomic mass is 16.5. The Morgan fingerprint density at radius 3 is 2.62 bits per heavy atom. The largest absolute Gasteiger partial charge is 0.383 e. The zero-order valence-corrected chi connectivity index (χ0v) is 14.3. The standard InChI is InChI=1S/C17H31N3O/c1-6-9-18-12-15-10-16(7-2)19-17(11-15)20(8-3)14(4)13-21-5/h10-11,14,18H,6-9,12-13H2,1-5H3. The lowest BCUT2D eigenvalue weighted by molar-refractivity contribution is 0.181. The Morgan fingerprint density at radius 2 is 2.05 bits per heavy atom. The molecule has 4 heteroatoms. The molecule has 0 saturated heterocycles. The first-order chi connectivity index (χ1) is 10.2. The van der Waals surface area contributed by atoms with Crippen LogP contribution in [0.3, 0.4) is 0 Å². The minimum atomic E-state index is 0.330. The lowest BCUT2D eigenvalue weighted by Crippen LogP contribution is -2.37. The molecule has 1 heterocycles. The van der Waals surface area contributed by atoms with Crippen molar-refractivity contribution in [1.29, 1.82) is 0 Å². The van der Waals surface area contributed by atoms with Gasteiger partial charge >= 0.3 is 0 Å². The van der Waals surface area contributed by atoms with E-state index in [0.29, 0.717) is 6.04 Å². The van der Waals surface area contributed by atoms with Gasteiger partial charge in [0.25, 0.3) is 0 Å². The molecule has 4 nitrogen and oxygen atoms in total. The molecule has 0 aliphatic rings. The predicted octanol–water partition coefficient (Wildman–Crippen LogP) is 3.00. The molecular formula is C17H31N3O. The molecule has 120 valence electrons. The molecule has 1 N–H and O–H groups in total. The predicted molar refractivity (Wildman–Crippen MR) is 90.0 cm³/mol. The summed E-state index contributed by atoms with van der Waals surface area (Å²) in [5.74, 6) is 1.06. The summed E-state index contributed by atoms with van der Waals surface area (Å²) in [6.07, 6.45) is 2.12. The summed E-state index contributed by atoms with van der Waals surface area (Å²) in [4.78, 5) is 7.11. The van der Waals surface area contributed by atoms with Crippen molar-refractivity contribution in [3.05, 3.63) is 23.4 Å². The van der Waals surface area contributed by atoms with Gasteiger partial charge < -0.3 is 15.0 Å². The van der Waals surface area contributed by atoms with Gasteiger partial charge in [-0.15, -0.1) is 0 Å². The summed E-state index contributed by atoms with van der Waals surface area (Å²) < 4.78 is 5.29. The molecule has 1 aromatic heterocycles. The molecule has 1 unspecified atom stereocenters. The number of likely N-dealkylation sites (N-methyl/N-ethyl adjacent to an activating group) is 1. The maximum atomic E-state index is 5.29. The van der Waals surface area contributed by atoms with E-state index in [9.17, 15) is 0 Å². The van der Waals surface area contributed by atoms with Crippen LogP contribution in [0, 0.1) is 0 Å². The van der Waals surface area contributed by atoms with Crippen LogP contribution in [0.2, 0.25) is 0 Å². The van der Waals surface area contributed by atoms with Gasteiger partial charge in [0, 0.05) is 25.9 Å². The van der Waals surface area contributed by atoms with Gasteiger partial charge in [-0.1, -0.05) is 13.8 Å². The zero-order chi connectivity index (χ0) is 15.7. The van der Waals surface area contributed by atoms with E-state index in [2.05, 4.69) is 50.0 Å². The molecule has 0 radical (unpaired) electrons. The third-order valence-corrected chi connectivity index (χ3v) is 3.62. The number of pyridine rings is 1. The van der Waals surface area contributed by atoms with Crippen molar-refractivity contribution in [2.24, 2.45) is 0 Å².